The molecule has 0 saturated heterocycles. The lowest BCUT2D eigenvalue weighted by molar-refractivity contribution is 0.0953. The van der Waals surface area contributed by atoms with Crippen LogP contribution >= 0.6 is 27.5 Å². The summed E-state index contributed by atoms with van der Waals surface area (Å²) in [6, 6.07) is 4.14. The van der Waals surface area contributed by atoms with Gasteiger partial charge in [0.25, 0.3) is 5.91 Å². The number of carbonyl (C=O) groups is 1. The Morgan fingerprint density at radius 3 is 2.87 bits per heavy atom. The maximum absolute atomic E-state index is 12.9. The van der Waals surface area contributed by atoms with Crippen molar-refractivity contribution in [3.05, 3.63) is 34.1 Å². The van der Waals surface area contributed by atoms with E-state index in [2.05, 4.69) is 21.2 Å². The Bertz CT molecular complexity index is 359. The van der Waals surface area contributed by atoms with Crippen molar-refractivity contribution in [3.8, 4) is 0 Å². The third kappa shape index (κ3) is 3.80. The second-order valence-corrected chi connectivity index (χ2v) is 4.16. The van der Waals surface area contributed by atoms with Crippen molar-refractivity contribution in [1.82, 2.24) is 5.32 Å². The molecule has 1 aromatic rings. The zero-order valence-corrected chi connectivity index (χ0v) is 10.2. The van der Waals surface area contributed by atoms with Crippen molar-refractivity contribution in [2.45, 2.75) is 6.42 Å². The molecule has 1 rings (SSSR count). The largest absolute Gasteiger partial charge is 0.352 e. The molecule has 2 nitrogen and oxygen atoms in total. The van der Waals surface area contributed by atoms with Crippen LogP contribution in [0.5, 0.6) is 0 Å². The summed E-state index contributed by atoms with van der Waals surface area (Å²) in [7, 11) is 0. The molecule has 0 aliphatic rings. The Hall–Kier alpha value is -0.610. The zero-order valence-electron chi connectivity index (χ0n) is 7.90. The van der Waals surface area contributed by atoms with Gasteiger partial charge in [-0.25, -0.2) is 4.39 Å². The SMILES string of the molecule is O=C(NCCCCl)c1ccc(F)c(Br)c1. The minimum Gasteiger partial charge on any atom is -0.352 e. The molecular weight excluding hydrogens is 284 g/mol. The lowest BCUT2D eigenvalue weighted by Crippen LogP contribution is -2.24. The fourth-order valence-electron chi connectivity index (χ4n) is 1.01. The molecule has 82 valence electrons. The molecule has 1 amide bonds. The average Bonchev–Trinajstić information content (AvgIpc) is 2.22. The molecule has 5 heteroatoms. The molecule has 15 heavy (non-hydrogen) atoms. The van der Waals surface area contributed by atoms with E-state index >= 15 is 0 Å². The molecule has 0 saturated carbocycles. The molecule has 0 spiro atoms. The molecule has 0 atom stereocenters. The Balaban J connectivity index is 2.62. The van der Waals surface area contributed by atoms with Gasteiger partial charge in [0, 0.05) is 18.0 Å². The van der Waals surface area contributed by atoms with Gasteiger partial charge in [-0.3, -0.25) is 4.79 Å². The van der Waals surface area contributed by atoms with Crippen molar-refractivity contribution in [3.63, 3.8) is 0 Å². The Labute approximate surface area is 101 Å². The van der Waals surface area contributed by atoms with Gasteiger partial charge in [0.05, 0.1) is 4.47 Å². The van der Waals surface area contributed by atoms with Gasteiger partial charge in [-0.15, -0.1) is 11.6 Å². The molecule has 0 radical (unpaired) electrons. The van der Waals surface area contributed by atoms with E-state index in [1.807, 2.05) is 0 Å². The van der Waals surface area contributed by atoms with Crippen LogP contribution in [-0.2, 0) is 0 Å². The molecule has 0 bridgehead atoms. The second kappa shape index (κ2) is 6.08. The summed E-state index contributed by atoms with van der Waals surface area (Å²) in [6.45, 7) is 0.525. The van der Waals surface area contributed by atoms with E-state index in [4.69, 9.17) is 11.6 Å². The molecule has 0 unspecified atom stereocenters. The predicted molar refractivity (Wildman–Crippen MR) is 61.8 cm³/mol. The number of halogens is 3. The molecular formula is C10H10BrClFNO. The predicted octanol–water partition coefficient (Wildman–Crippen LogP) is 2.95. The Morgan fingerprint density at radius 2 is 2.27 bits per heavy atom. The number of amides is 1. The lowest BCUT2D eigenvalue weighted by Gasteiger charge is -2.04. The topological polar surface area (TPSA) is 29.1 Å². The maximum Gasteiger partial charge on any atom is 0.251 e. The molecule has 0 aliphatic carbocycles. The van der Waals surface area contributed by atoms with E-state index in [-0.39, 0.29) is 16.2 Å². The van der Waals surface area contributed by atoms with Gasteiger partial charge in [0.1, 0.15) is 5.82 Å². The second-order valence-electron chi connectivity index (χ2n) is 2.93. The van der Waals surface area contributed by atoms with Crippen LogP contribution in [0.3, 0.4) is 0 Å². The third-order valence-electron chi connectivity index (χ3n) is 1.78. The van der Waals surface area contributed by atoms with Gasteiger partial charge in [0.15, 0.2) is 0 Å². The van der Waals surface area contributed by atoms with E-state index in [0.29, 0.717) is 18.0 Å². The Kier molecular flexibility index (Phi) is 5.05. The number of rotatable bonds is 4. The number of carbonyl (C=O) groups excluding carboxylic acids is 1. The van der Waals surface area contributed by atoms with Crippen molar-refractivity contribution in [1.29, 1.82) is 0 Å². The first-order valence-electron chi connectivity index (χ1n) is 4.44. The Morgan fingerprint density at radius 1 is 1.53 bits per heavy atom. The first-order valence-corrected chi connectivity index (χ1v) is 5.77. The van der Waals surface area contributed by atoms with Crippen molar-refractivity contribution < 1.29 is 9.18 Å². The smallest absolute Gasteiger partial charge is 0.251 e. The normalized spacial score (nSPS) is 10.1. The van der Waals surface area contributed by atoms with Gasteiger partial charge >= 0.3 is 0 Å². The molecule has 0 aliphatic heterocycles. The fraction of sp³-hybridized carbons (Fsp3) is 0.300. The molecule has 0 fully saturated rings. The number of hydrogen-bond acceptors (Lipinski definition) is 1. The summed E-state index contributed by atoms with van der Waals surface area (Å²) in [4.78, 5) is 11.5. The van der Waals surface area contributed by atoms with Gasteiger partial charge in [-0.2, -0.15) is 0 Å². The maximum atomic E-state index is 12.9. The van der Waals surface area contributed by atoms with Crippen LogP contribution in [0.1, 0.15) is 16.8 Å². The summed E-state index contributed by atoms with van der Waals surface area (Å²) in [5, 5.41) is 2.68. The van der Waals surface area contributed by atoms with Crippen molar-refractivity contribution >= 4 is 33.4 Å². The molecule has 0 heterocycles. The van der Waals surface area contributed by atoms with Crippen molar-refractivity contribution in [2.24, 2.45) is 0 Å². The third-order valence-corrected chi connectivity index (χ3v) is 2.65. The highest BCUT2D eigenvalue weighted by Crippen LogP contribution is 2.16. The van der Waals surface area contributed by atoms with E-state index < -0.39 is 0 Å². The fourth-order valence-corrected chi connectivity index (χ4v) is 1.52. The quantitative estimate of drug-likeness (QED) is 0.671. The van der Waals surface area contributed by atoms with Crippen LogP contribution in [0, 0.1) is 5.82 Å². The zero-order chi connectivity index (χ0) is 11.3. The summed E-state index contributed by atoms with van der Waals surface area (Å²) in [5.74, 6) is -0.0963. The van der Waals surface area contributed by atoms with Crippen LogP contribution in [0.4, 0.5) is 4.39 Å². The minimum atomic E-state index is -0.382. The van der Waals surface area contributed by atoms with Gasteiger partial charge in [-0.1, -0.05) is 0 Å². The highest BCUT2D eigenvalue weighted by Gasteiger charge is 2.07. The van der Waals surface area contributed by atoms with Gasteiger partial charge in [0.2, 0.25) is 0 Å². The highest BCUT2D eigenvalue weighted by atomic mass is 79.9. The van der Waals surface area contributed by atoms with E-state index in [1.165, 1.54) is 18.2 Å². The van der Waals surface area contributed by atoms with Crippen LogP contribution < -0.4 is 5.32 Å². The molecule has 1 N–H and O–H groups in total. The standard InChI is InChI=1S/C10H10BrClFNO/c11-8-6-7(2-3-9(8)13)10(15)14-5-1-4-12/h2-3,6H,1,4-5H2,(H,14,15). The number of hydrogen-bond donors (Lipinski definition) is 1. The summed E-state index contributed by atoms with van der Waals surface area (Å²) >= 11 is 8.49. The average molecular weight is 295 g/mol. The van der Waals surface area contributed by atoms with E-state index in [0.717, 1.165) is 6.42 Å². The van der Waals surface area contributed by atoms with Crippen LogP contribution in [0.15, 0.2) is 22.7 Å². The minimum absolute atomic E-state index is 0.221. The van der Waals surface area contributed by atoms with Crippen molar-refractivity contribution in [2.75, 3.05) is 12.4 Å². The summed E-state index contributed by atoms with van der Waals surface area (Å²) in [5.41, 5.74) is 0.429. The first kappa shape index (κ1) is 12.5. The first-order chi connectivity index (χ1) is 7.15. The van der Waals surface area contributed by atoms with Crippen LogP contribution in [0.25, 0.3) is 0 Å². The van der Waals surface area contributed by atoms with Crippen LogP contribution in [0.2, 0.25) is 0 Å². The van der Waals surface area contributed by atoms with Crippen LogP contribution in [-0.4, -0.2) is 18.3 Å². The number of nitrogens with one attached hydrogen (secondary N) is 1. The number of benzene rings is 1. The summed E-state index contributed by atoms with van der Waals surface area (Å²) in [6.07, 6.45) is 0.718. The van der Waals surface area contributed by atoms with Gasteiger partial charge < -0.3 is 5.32 Å². The van der Waals surface area contributed by atoms with E-state index in [1.54, 1.807) is 0 Å². The monoisotopic (exact) mass is 293 g/mol. The number of alkyl halides is 1. The molecule has 0 aromatic heterocycles. The van der Waals surface area contributed by atoms with Gasteiger partial charge in [-0.05, 0) is 40.5 Å². The summed E-state index contributed by atoms with van der Waals surface area (Å²) < 4.78 is 13.2. The highest BCUT2D eigenvalue weighted by molar-refractivity contribution is 9.10. The molecule has 1 aromatic carbocycles. The van der Waals surface area contributed by atoms with E-state index in [9.17, 15) is 9.18 Å². The lowest BCUT2D eigenvalue weighted by atomic mass is 10.2.